The predicted octanol–water partition coefficient (Wildman–Crippen LogP) is 1.68. The molecule has 0 fully saturated rings. The van der Waals surface area contributed by atoms with Crippen molar-refractivity contribution in [2.45, 2.75) is 19.9 Å². The average Bonchev–Trinajstić information content (AvgIpc) is 3.30. The lowest BCUT2D eigenvalue weighted by Gasteiger charge is -2.21. The van der Waals surface area contributed by atoms with Crippen LogP contribution in [0.25, 0.3) is 0 Å². The number of furan rings is 1. The van der Waals surface area contributed by atoms with Crippen LogP contribution in [0.5, 0.6) is 5.75 Å². The van der Waals surface area contributed by atoms with E-state index in [1.54, 1.807) is 44.2 Å². The highest BCUT2D eigenvalue weighted by Gasteiger charge is 2.28. The molecule has 0 aliphatic carbocycles. The Morgan fingerprint density at radius 1 is 1.12 bits per heavy atom. The number of benzene rings is 1. The minimum Gasteiger partial charge on any atom is -0.497 e. The third-order valence-corrected chi connectivity index (χ3v) is 4.45. The molecule has 1 aromatic carbocycles. The second-order valence-corrected chi connectivity index (χ2v) is 7.31. The molecule has 0 saturated heterocycles. The third kappa shape index (κ3) is 7.15. The fourth-order valence-electron chi connectivity index (χ4n) is 2.66. The van der Waals surface area contributed by atoms with E-state index in [9.17, 15) is 19.2 Å². The predicted molar refractivity (Wildman–Crippen MR) is 115 cm³/mol. The molecule has 3 amide bonds. The number of rotatable bonds is 10. The lowest BCUT2D eigenvalue weighted by molar-refractivity contribution is -0.154. The van der Waals surface area contributed by atoms with E-state index in [0.717, 1.165) is 4.90 Å². The van der Waals surface area contributed by atoms with Gasteiger partial charge in [0.1, 0.15) is 11.8 Å². The summed E-state index contributed by atoms with van der Waals surface area (Å²) in [5.74, 6) is -1.97. The summed E-state index contributed by atoms with van der Waals surface area (Å²) in [5.41, 5.74) is 0.522. The summed E-state index contributed by atoms with van der Waals surface area (Å²) in [7, 11) is 2.93. The van der Waals surface area contributed by atoms with Crippen LogP contribution in [0.4, 0.5) is 5.69 Å². The van der Waals surface area contributed by atoms with Gasteiger partial charge in [-0.2, -0.15) is 0 Å². The van der Waals surface area contributed by atoms with Crippen molar-refractivity contribution in [2.75, 3.05) is 32.6 Å². The number of carbonyl (C=O) groups is 4. The van der Waals surface area contributed by atoms with Gasteiger partial charge in [-0.3, -0.25) is 14.4 Å². The van der Waals surface area contributed by atoms with E-state index in [2.05, 4.69) is 10.6 Å². The Morgan fingerprint density at radius 3 is 2.50 bits per heavy atom. The maximum Gasteiger partial charge on any atom is 0.329 e. The van der Waals surface area contributed by atoms with E-state index in [0.29, 0.717) is 11.4 Å². The Labute approximate surface area is 185 Å². The maximum absolute atomic E-state index is 12.4. The molecule has 0 aliphatic heterocycles. The minimum absolute atomic E-state index is 0.0568. The first-order valence-electron chi connectivity index (χ1n) is 9.90. The SMILES string of the molecule is COc1cccc(NC(=O)CN(C)C(=O)COC(=O)[C@@H](NC(=O)c2ccco2)C(C)C)c1. The zero-order chi connectivity index (χ0) is 23.7. The smallest absolute Gasteiger partial charge is 0.329 e. The van der Waals surface area contributed by atoms with Crippen LogP contribution >= 0.6 is 0 Å². The number of hydrogen-bond acceptors (Lipinski definition) is 7. The van der Waals surface area contributed by atoms with Crippen LogP contribution in [0.15, 0.2) is 47.1 Å². The summed E-state index contributed by atoms with van der Waals surface area (Å²) in [6.07, 6.45) is 1.34. The van der Waals surface area contributed by atoms with Gasteiger partial charge in [-0.25, -0.2) is 4.79 Å². The number of methoxy groups -OCH3 is 1. The first-order chi connectivity index (χ1) is 15.2. The van der Waals surface area contributed by atoms with Gasteiger partial charge in [-0.1, -0.05) is 19.9 Å². The molecular weight excluding hydrogens is 418 g/mol. The van der Waals surface area contributed by atoms with E-state index < -0.39 is 36.3 Å². The van der Waals surface area contributed by atoms with Gasteiger partial charge in [-0.15, -0.1) is 0 Å². The first kappa shape index (κ1) is 24.4. The number of esters is 1. The molecule has 1 atom stereocenters. The largest absolute Gasteiger partial charge is 0.497 e. The van der Waals surface area contributed by atoms with E-state index in [1.807, 2.05) is 0 Å². The molecule has 0 unspecified atom stereocenters. The normalized spacial score (nSPS) is 11.4. The average molecular weight is 445 g/mol. The molecule has 10 heteroatoms. The monoisotopic (exact) mass is 445 g/mol. The topological polar surface area (TPSA) is 127 Å². The Morgan fingerprint density at radius 2 is 1.88 bits per heavy atom. The van der Waals surface area contributed by atoms with Gasteiger partial charge in [0.25, 0.3) is 11.8 Å². The number of nitrogens with one attached hydrogen (secondary N) is 2. The van der Waals surface area contributed by atoms with Crippen LogP contribution in [0.2, 0.25) is 0 Å². The quantitative estimate of drug-likeness (QED) is 0.533. The van der Waals surface area contributed by atoms with Crippen LogP contribution in [-0.2, 0) is 19.1 Å². The molecule has 0 saturated carbocycles. The summed E-state index contributed by atoms with van der Waals surface area (Å²) in [4.78, 5) is 50.2. The molecule has 0 aliphatic rings. The van der Waals surface area contributed by atoms with Crippen molar-refractivity contribution >= 4 is 29.4 Å². The Hall–Kier alpha value is -3.82. The standard InChI is InChI=1S/C22H27N3O7/c1-14(2)20(24-21(28)17-9-6-10-31-17)22(29)32-13-19(27)25(3)12-18(26)23-15-7-5-8-16(11-15)30-4/h5-11,14,20H,12-13H2,1-4H3,(H,23,26)(H,24,28)/t20-/m0/s1. The number of ether oxygens (including phenoxy) is 2. The minimum atomic E-state index is -0.970. The van der Waals surface area contributed by atoms with Gasteiger partial charge in [0.15, 0.2) is 12.4 Å². The van der Waals surface area contributed by atoms with Crippen LogP contribution in [0, 0.1) is 5.92 Å². The summed E-state index contributed by atoms with van der Waals surface area (Å²) in [6.45, 7) is 2.65. The van der Waals surface area contributed by atoms with E-state index in [-0.39, 0.29) is 18.2 Å². The molecule has 1 aromatic heterocycles. The zero-order valence-corrected chi connectivity index (χ0v) is 18.4. The van der Waals surface area contributed by atoms with E-state index in [4.69, 9.17) is 13.9 Å². The number of likely N-dealkylation sites (N-methyl/N-ethyl adjacent to an activating group) is 1. The van der Waals surface area contributed by atoms with Crippen molar-refractivity contribution in [1.82, 2.24) is 10.2 Å². The summed E-state index contributed by atoms with van der Waals surface area (Å²) in [6, 6.07) is 8.84. The molecule has 1 heterocycles. The molecular formula is C22H27N3O7. The van der Waals surface area contributed by atoms with Gasteiger partial charge in [0, 0.05) is 18.8 Å². The van der Waals surface area contributed by atoms with Crippen LogP contribution in [-0.4, -0.2) is 61.9 Å². The number of carbonyl (C=O) groups excluding carboxylic acids is 4. The van der Waals surface area contributed by atoms with Crippen LogP contribution in [0.1, 0.15) is 24.4 Å². The number of amides is 3. The molecule has 0 spiro atoms. The van der Waals surface area contributed by atoms with Crippen molar-refractivity contribution in [3.05, 3.63) is 48.4 Å². The number of hydrogen-bond donors (Lipinski definition) is 2. The van der Waals surface area contributed by atoms with Crippen LogP contribution in [0.3, 0.4) is 0 Å². The lowest BCUT2D eigenvalue weighted by Crippen LogP contribution is -2.46. The Kier molecular flexibility index (Phi) is 8.82. The number of anilines is 1. The van der Waals surface area contributed by atoms with Gasteiger partial charge in [0.2, 0.25) is 5.91 Å². The molecule has 10 nitrogen and oxygen atoms in total. The molecule has 2 rings (SSSR count). The molecule has 172 valence electrons. The summed E-state index contributed by atoms with van der Waals surface area (Å²) in [5, 5.41) is 5.19. The molecule has 0 bridgehead atoms. The second kappa shape index (κ2) is 11.5. The van der Waals surface area contributed by atoms with Gasteiger partial charge < -0.3 is 29.4 Å². The van der Waals surface area contributed by atoms with Gasteiger partial charge in [0.05, 0.1) is 19.9 Å². The van der Waals surface area contributed by atoms with Crippen molar-refractivity contribution in [3.63, 3.8) is 0 Å². The van der Waals surface area contributed by atoms with E-state index in [1.165, 1.54) is 26.5 Å². The second-order valence-electron chi connectivity index (χ2n) is 7.31. The molecule has 2 N–H and O–H groups in total. The molecule has 2 aromatic rings. The molecule has 0 radical (unpaired) electrons. The Balaban J connectivity index is 1.84. The third-order valence-electron chi connectivity index (χ3n) is 4.45. The van der Waals surface area contributed by atoms with Crippen LogP contribution < -0.4 is 15.4 Å². The van der Waals surface area contributed by atoms with Crippen molar-refractivity contribution in [2.24, 2.45) is 5.92 Å². The van der Waals surface area contributed by atoms with Crippen molar-refractivity contribution < 1.29 is 33.1 Å². The Bertz CT molecular complexity index is 941. The van der Waals surface area contributed by atoms with Gasteiger partial charge in [-0.05, 0) is 30.2 Å². The van der Waals surface area contributed by atoms with E-state index >= 15 is 0 Å². The maximum atomic E-state index is 12.4. The fraction of sp³-hybridized carbons (Fsp3) is 0.364. The van der Waals surface area contributed by atoms with Crippen molar-refractivity contribution in [1.29, 1.82) is 0 Å². The zero-order valence-electron chi connectivity index (χ0n) is 18.4. The fourth-order valence-corrected chi connectivity index (χ4v) is 2.66. The highest BCUT2D eigenvalue weighted by Crippen LogP contribution is 2.16. The van der Waals surface area contributed by atoms with Crippen molar-refractivity contribution in [3.8, 4) is 5.75 Å². The first-order valence-corrected chi connectivity index (χ1v) is 9.90. The highest BCUT2D eigenvalue weighted by atomic mass is 16.5. The summed E-state index contributed by atoms with van der Waals surface area (Å²) >= 11 is 0. The highest BCUT2D eigenvalue weighted by molar-refractivity contribution is 5.96. The summed E-state index contributed by atoms with van der Waals surface area (Å²) < 4.78 is 15.2. The van der Waals surface area contributed by atoms with Gasteiger partial charge >= 0.3 is 5.97 Å². The lowest BCUT2D eigenvalue weighted by atomic mass is 10.0. The molecule has 32 heavy (non-hydrogen) atoms. The number of nitrogens with zero attached hydrogens (tertiary/aromatic N) is 1.